The first-order chi connectivity index (χ1) is 9.52. The zero-order valence-electron chi connectivity index (χ0n) is 12.2. The van der Waals surface area contributed by atoms with E-state index >= 15 is 0 Å². The van der Waals surface area contributed by atoms with E-state index in [1.54, 1.807) is 6.08 Å². The molecule has 20 heavy (non-hydrogen) atoms. The summed E-state index contributed by atoms with van der Waals surface area (Å²) >= 11 is 0. The number of hydrogen-bond donors (Lipinski definition) is 1. The molecule has 1 heterocycles. The molecular weight excluding hydrogens is 254 g/mol. The van der Waals surface area contributed by atoms with Gasteiger partial charge >= 0.3 is 0 Å². The third kappa shape index (κ3) is 3.90. The number of hydroxylamine groups is 2. The smallest absolute Gasteiger partial charge is 0.163 e. The molecule has 0 spiro atoms. The maximum atomic E-state index is 10.4. The minimum atomic E-state index is -0.586. The lowest BCUT2D eigenvalue weighted by Crippen LogP contribution is -2.43. The molecule has 2 rings (SSSR count). The van der Waals surface area contributed by atoms with Gasteiger partial charge in [0.25, 0.3) is 0 Å². The predicted molar refractivity (Wildman–Crippen MR) is 77.3 cm³/mol. The van der Waals surface area contributed by atoms with Crippen LogP contribution in [0.3, 0.4) is 0 Å². The van der Waals surface area contributed by atoms with Gasteiger partial charge in [-0.15, -0.1) is 6.58 Å². The van der Waals surface area contributed by atoms with Crippen LogP contribution in [0, 0.1) is 0 Å². The Bertz CT molecular complexity index is 433. The van der Waals surface area contributed by atoms with Crippen LogP contribution in [0.15, 0.2) is 43.0 Å². The fraction of sp³-hybridized carbons (Fsp3) is 0.500. The maximum absolute atomic E-state index is 10.4. The van der Waals surface area contributed by atoms with Crippen molar-refractivity contribution in [2.24, 2.45) is 0 Å². The van der Waals surface area contributed by atoms with Crippen LogP contribution in [0.1, 0.15) is 25.8 Å². The Morgan fingerprint density at radius 1 is 1.45 bits per heavy atom. The monoisotopic (exact) mass is 277 g/mol. The SMILES string of the molecule is C=CC[C@H]([C@H]1COC(C)(C)O1)N(O)Cc1ccccc1. The zero-order valence-corrected chi connectivity index (χ0v) is 12.2. The summed E-state index contributed by atoms with van der Waals surface area (Å²) in [5, 5.41) is 11.7. The summed E-state index contributed by atoms with van der Waals surface area (Å²) < 4.78 is 11.4. The molecule has 1 aromatic rings. The molecule has 2 atom stereocenters. The Hall–Kier alpha value is -1.20. The lowest BCUT2D eigenvalue weighted by atomic mass is 10.1. The number of nitrogens with zero attached hydrogens (tertiary/aromatic N) is 1. The molecule has 4 nitrogen and oxygen atoms in total. The van der Waals surface area contributed by atoms with Gasteiger partial charge in [0.2, 0.25) is 0 Å². The topological polar surface area (TPSA) is 41.9 Å². The largest absolute Gasteiger partial charge is 0.348 e. The summed E-state index contributed by atoms with van der Waals surface area (Å²) in [7, 11) is 0. The van der Waals surface area contributed by atoms with Gasteiger partial charge in [0.1, 0.15) is 6.10 Å². The van der Waals surface area contributed by atoms with E-state index < -0.39 is 5.79 Å². The molecule has 1 aliphatic heterocycles. The Kier molecular flexibility index (Phi) is 4.94. The number of benzene rings is 1. The quantitative estimate of drug-likeness (QED) is 0.641. The van der Waals surface area contributed by atoms with Crippen LogP contribution in [0.4, 0.5) is 0 Å². The predicted octanol–water partition coefficient (Wildman–Crippen LogP) is 2.97. The molecule has 0 bridgehead atoms. The first-order valence-corrected chi connectivity index (χ1v) is 6.94. The van der Waals surface area contributed by atoms with E-state index in [0.717, 1.165) is 5.56 Å². The second-order valence-corrected chi connectivity index (χ2v) is 5.54. The van der Waals surface area contributed by atoms with Crippen molar-refractivity contribution in [2.75, 3.05) is 6.61 Å². The van der Waals surface area contributed by atoms with Gasteiger partial charge in [-0.05, 0) is 25.8 Å². The van der Waals surface area contributed by atoms with E-state index in [-0.39, 0.29) is 12.1 Å². The molecule has 0 unspecified atom stereocenters. The van der Waals surface area contributed by atoms with E-state index in [4.69, 9.17) is 9.47 Å². The van der Waals surface area contributed by atoms with Gasteiger partial charge in [0, 0.05) is 6.54 Å². The van der Waals surface area contributed by atoms with Crippen LogP contribution >= 0.6 is 0 Å². The molecule has 0 amide bonds. The number of hydrogen-bond acceptors (Lipinski definition) is 4. The molecule has 0 radical (unpaired) electrons. The lowest BCUT2D eigenvalue weighted by Gasteiger charge is -2.30. The van der Waals surface area contributed by atoms with E-state index in [1.807, 2.05) is 44.2 Å². The Balaban J connectivity index is 2.02. The third-order valence-corrected chi connectivity index (χ3v) is 3.44. The van der Waals surface area contributed by atoms with E-state index in [1.165, 1.54) is 5.06 Å². The van der Waals surface area contributed by atoms with Gasteiger partial charge in [-0.25, -0.2) is 0 Å². The number of rotatable bonds is 6. The maximum Gasteiger partial charge on any atom is 0.163 e. The average Bonchev–Trinajstić information content (AvgIpc) is 2.77. The molecule has 1 aromatic carbocycles. The molecule has 4 heteroatoms. The molecule has 0 aromatic heterocycles. The van der Waals surface area contributed by atoms with Gasteiger partial charge in [0.15, 0.2) is 5.79 Å². The van der Waals surface area contributed by atoms with Crippen LogP contribution < -0.4 is 0 Å². The Morgan fingerprint density at radius 2 is 2.15 bits per heavy atom. The molecular formula is C16H23NO3. The van der Waals surface area contributed by atoms with E-state index in [9.17, 15) is 5.21 Å². The van der Waals surface area contributed by atoms with Crippen LogP contribution in [-0.2, 0) is 16.0 Å². The molecule has 1 fully saturated rings. The second kappa shape index (κ2) is 6.50. The molecule has 1 saturated heterocycles. The normalized spacial score (nSPS) is 22.9. The highest BCUT2D eigenvalue weighted by atomic mass is 16.7. The van der Waals surface area contributed by atoms with Gasteiger partial charge in [-0.3, -0.25) is 0 Å². The molecule has 1 N–H and O–H groups in total. The van der Waals surface area contributed by atoms with Crippen molar-refractivity contribution >= 4 is 0 Å². The van der Waals surface area contributed by atoms with Crippen molar-refractivity contribution < 1.29 is 14.7 Å². The summed E-state index contributed by atoms with van der Waals surface area (Å²) in [5.41, 5.74) is 1.06. The van der Waals surface area contributed by atoms with Crippen LogP contribution in [0.5, 0.6) is 0 Å². The first-order valence-electron chi connectivity index (χ1n) is 6.94. The summed E-state index contributed by atoms with van der Waals surface area (Å²) in [5.74, 6) is -0.586. The van der Waals surface area contributed by atoms with Gasteiger partial charge in [-0.2, -0.15) is 5.06 Å². The average molecular weight is 277 g/mol. The Morgan fingerprint density at radius 3 is 2.70 bits per heavy atom. The van der Waals surface area contributed by atoms with Crippen molar-refractivity contribution in [1.82, 2.24) is 5.06 Å². The van der Waals surface area contributed by atoms with Crippen molar-refractivity contribution in [2.45, 2.75) is 44.7 Å². The highest BCUT2D eigenvalue weighted by Crippen LogP contribution is 2.27. The van der Waals surface area contributed by atoms with E-state index in [0.29, 0.717) is 19.6 Å². The first kappa shape index (κ1) is 15.2. The summed E-state index contributed by atoms with van der Waals surface area (Å²) in [6, 6.07) is 9.71. The third-order valence-electron chi connectivity index (χ3n) is 3.44. The fourth-order valence-electron chi connectivity index (χ4n) is 2.43. The molecule has 0 aliphatic carbocycles. The number of ether oxygens (including phenoxy) is 2. The van der Waals surface area contributed by atoms with Crippen molar-refractivity contribution in [3.05, 3.63) is 48.6 Å². The van der Waals surface area contributed by atoms with Gasteiger partial charge in [-0.1, -0.05) is 36.4 Å². The standard InChI is InChI=1S/C16H23NO3/c1-4-8-14(15-12-19-16(2,3)20-15)17(18)11-13-9-6-5-7-10-13/h4-7,9-10,14-15,18H,1,8,11-12H2,2-3H3/t14-,15-/m1/s1. The highest BCUT2D eigenvalue weighted by molar-refractivity contribution is 5.14. The second-order valence-electron chi connectivity index (χ2n) is 5.54. The zero-order chi connectivity index (χ0) is 14.6. The van der Waals surface area contributed by atoms with Gasteiger partial charge in [0.05, 0.1) is 12.6 Å². The minimum absolute atomic E-state index is 0.156. The molecule has 0 saturated carbocycles. The highest BCUT2D eigenvalue weighted by Gasteiger charge is 2.39. The molecule has 1 aliphatic rings. The fourth-order valence-corrected chi connectivity index (χ4v) is 2.43. The Labute approximate surface area is 120 Å². The summed E-state index contributed by atoms with van der Waals surface area (Å²) in [6.45, 7) is 8.48. The van der Waals surface area contributed by atoms with E-state index in [2.05, 4.69) is 6.58 Å². The van der Waals surface area contributed by atoms with Crippen molar-refractivity contribution in [1.29, 1.82) is 0 Å². The lowest BCUT2D eigenvalue weighted by molar-refractivity contribution is -0.188. The van der Waals surface area contributed by atoms with Crippen LogP contribution in [0.2, 0.25) is 0 Å². The van der Waals surface area contributed by atoms with Crippen molar-refractivity contribution in [3.8, 4) is 0 Å². The minimum Gasteiger partial charge on any atom is -0.348 e. The van der Waals surface area contributed by atoms with Gasteiger partial charge < -0.3 is 14.7 Å². The summed E-state index contributed by atoms with van der Waals surface area (Å²) in [4.78, 5) is 0. The molecule has 110 valence electrons. The van der Waals surface area contributed by atoms with Crippen LogP contribution in [-0.4, -0.2) is 34.8 Å². The van der Waals surface area contributed by atoms with Crippen LogP contribution in [0.25, 0.3) is 0 Å². The van der Waals surface area contributed by atoms with Crippen molar-refractivity contribution in [3.63, 3.8) is 0 Å². The summed E-state index contributed by atoms with van der Waals surface area (Å²) in [6.07, 6.45) is 2.29.